The van der Waals surface area contributed by atoms with Gasteiger partial charge in [0.2, 0.25) is 0 Å². The van der Waals surface area contributed by atoms with Gasteiger partial charge in [-0.25, -0.2) is 9.98 Å². The summed E-state index contributed by atoms with van der Waals surface area (Å²) in [5.74, 6) is 1.37. The standard InChI is InChI=1S/C18H21ClN6OS.HI/c1-2-20-18(22-10-14(26)15-6-7-16(19)27-15)21-9-12-4-3-5-13(8-12)17-23-11-24-25-17;/h3-8,11,14,26H,2,9-10H2,1H3,(H2,20,21,22)(H,23,24,25);1H. The summed E-state index contributed by atoms with van der Waals surface area (Å²) in [5.41, 5.74) is 2.01. The van der Waals surface area contributed by atoms with Gasteiger partial charge in [0.05, 0.1) is 10.9 Å². The van der Waals surface area contributed by atoms with Crippen LogP contribution in [0.25, 0.3) is 11.4 Å². The number of aliphatic hydroxyl groups excluding tert-OH is 1. The van der Waals surface area contributed by atoms with Crippen LogP contribution in [-0.2, 0) is 6.54 Å². The predicted octanol–water partition coefficient (Wildman–Crippen LogP) is 3.59. The van der Waals surface area contributed by atoms with Crippen LogP contribution in [0.5, 0.6) is 0 Å². The first kappa shape index (κ1) is 22.6. The number of rotatable bonds is 7. The van der Waals surface area contributed by atoms with E-state index < -0.39 is 6.10 Å². The maximum atomic E-state index is 10.3. The summed E-state index contributed by atoms with van der Waals surface area (Å²) in [6.45, 7) is 3.57. The Kier molecular flexibility index (Phi) is 9.16. The van der Waals surface area contributed by atoms with Crippen LogP contribution in [0.4, 0.5) is 0 Å². The number of hydrogen-bond donors (Lipinski definition) is 4. The zero-order valence-electron chi connectivity index (χ0n) is 15.2. The first-order valence-corrected chi connectivity index (χ1v) is 9.75. The van der Waals surface area contributed by atoms with Crippen LogP contribution in [0.1, 0.15) is 23.5 Å². The Morgan fingerprint density at radius 3 is 2.86 bits per heavy atom. The molecule has 0 amide bonds. The van der Waals surface area contributed by atoms with Crippen LogP contribution in [0.2, 0.25) is 4.34 Å². The molecule has 3 rings (SSSR count). The van der Waals surface area contributed by atoms with Gasteiger partial charge < -0.3 is 15.7 Å². The predicted molar refractivity (Wildman–Crippen MR) is 124 cm³/mol. The van der Waals surface area contributed by atoms with E-state index in [1.807, 2.05) is 37.3 Å². The normalized spacial score (nSPS) is 12.3. The van der Waals surface area contributed by atoms with Crippen molar-refractivity contribution < 1.29 is 5.11 Å². The molecule has 28 heavy (non-hydrogen) atoms. The molecule has 0 bridgehead atoms. The number of halogens is 2. The molecular weight excluding hydrogens is 511 g/mol. The topological polar surface area (TPSA) is 98.2 Å². The molecule has 0 aliphatic carbocycles. The molecule has 0 radical (unpaired) electrons. The number of H-pyrrole nitrogens is 1. The zero-order valence-corrected chi connectivity index (χ0v) is 19.1. The number of nitrogens with zero attached hydrogens (tertiary/aromatic N) is 3. The monoisotopic (exact) mass is 532 g/mol. The highest BCUT2D eigenvalue weighted by Gasteiger charge is 2.11. The second-order valence-corrected chi connectivity index (χ2v) is 7.51. The number of aliphatic hydroxyl groups is 1. The molecular formula is C18H22ClIN6OS. The quantitative estimate of drug-likeness (QED) is 0.212. The van der Waals surface area contributed by atoms with E-state index in [0.717, 1.165) is 28.4 Å². The molecule has 7 nitrogen and oxygen atoms in total. The number of thiophene rings is 1. The summed E-state index contributed by atoms with van der Waals surface area (Å²) < 4.78 is 0.663. The Hall–Kier alpha value is -1.69. The van der Waals surface area contributed by atoms with Gasteiger partial charge in [0.25, 0.3) is 0 Å². The Morgan fingerprint density at radius 1 is 1.32 bits per heavy atom. The Bertz CT molecular complexity index is 886. The van der Waals surface area contributed by atoms with Crippen LogP contribution in [-0.4, -0.2) is 39.3 Å². The summed E-state index contributed by atoms with van der Waals surface area (Å²) in [6.07, 6.45) is 0.848. The minimum Gasteiger partial charge on any atom is -0.386 e. The highest BCUT2D eigenvalue weighted by atomic mass is 127. The van der Waals surface area contributed by atoms with Gasteiger partial charge >= 0.3 is 0 Å². The molecule has 3 aromatic rings. The van der Waals surface area contributed by atoms with E-state index >= 15 is 0 Å². The lowest BCUT2D eigenvalue weighted by Gasteiger charge is -2.14. The average molecular weight is 533 g/mol. The first-order chi connectivity index (χ1) is 13.2. The number of guanidine groups is 1. The van der Waals surface area contributed by atoms with E-state index in [1.165, 1.54) is 17.7 Å². The van der Waals surface area contributed by atoms with Gasteiger partial charge in [0.1, 0.15) is 12.4 Å². The van der Waals surface area contributed by atoms with E-state index in [0.29, 0.717) is 23.4 Å². The van der Waals surface area contributed by atoms with Crippen molar-refractivity contribution in [3.8, 4) is 11.4 Å². The third-order valence-corrected chi connectivity index (χ3v) is 5.10. The van der Waals surface area contributed by atoms with E-state index in [1.54, 1.807) is 6.07 Å². The fraction of sp³-hybridized carbons (Fsp3) is 0.278. The van der Waals surface area contributed by atoms with Crippen molar-refractivity contribution in [3.63, 3.8) is 0 Å². The second kappa shape index (κ2) is 11.3. The highest BCUT2D eigenvalue weighted by molar-refractivity contribution is 14.0. The molecule has 2 heterocycles. The van der Waals surface area contributed by atoms with E-state index in [-0.39, 0.29) is 24.0 Å². The van der Waals surface area contributed by atoms with Crippen molar-refractivity contribution in [2.45, 2.75) is 19.6 Å². The molecule has 0 aliphatic heterocycles. The molecule has 1 aromatic carbocycles. The highest BCUT2D eigenvalue weighted by Crippen LogP contribution is 2.26. The van der Waals surface area contributed by atoms with Crippen molar-refractivity contribution in [1.82, 2.24) is 25.8 Å². The second-order valence-electron chi connectivity index (χ2n) is 5.77. The Balaban J connectivity index is 0.00000280. The van der Waals surface area contributed by atoms with Crippen molar-refractivity contribution in [2.75, 3.05) is 13.1 Å². The fourth-order valence-corrected chi connectivity index (χ4v) is 3.52. The molecule has 2 aromatic heterocycles. The molecule has 0 fully saturated rings. The van der Waals surface area contributed by atoms with Crippen LogP contribution in [0, 0.1) is 0 Å². The van der Waals surface area contributed by atoms with Gasteiger partial charge in [-0.05, 0) is 30.7 Å². The average Bonchev–Trinajstić information content (AvgIpc) is 3.36. The number of benzene rings is 1. The zero-order chi connectivity index (χ0) is 19.1. The maximum Gasteiger partial charge on any atom is 0.191 e. The molecule has 1 unspecified atom stereocenters. The SMILES string of the molecule is CCNC(=NCc1cccc(-c2ncn[nH]2)c1)NCC(O)c1ccc(Cl)s1.I. The Morgan fingerprint density at radius 2 is 2.18 bits per heavy atom. The molecule has 0 aliphatic rings. The minimum atomic E-state index is -0.638. The third kappa shape index (κ3) is 6.43. The maximum absolute atomic E-state index is 10.3. The number of aromatic nitrogens is 3. The van der Waals surface area contributed by atoms with Crippen molar-refractivity contribution in [1.29, 1.82) is 0 Å². The van der Waals surface area contributed by atoms with E-state index in [9.17, 15) is 5.11 Å². The largest absolute Gasteiger partial charge is 0.386 e. The lowest BCUT2D eigenvalue weighted by atomic mass is 10.1. The number of aromatic amines is 1. The van der Waals surface area contributed by atoms with Gasteiger partial charge in [-0.1, -0.05) is 29.8 Å². The van der Waals surface area contributed by atoms with Crippen molar-refractivity contribution >= 4 is 52.9 Å². The Labute approximate surface area is 189 Å². The van der Waals surface area contributed by atoms with Gasteiger partial charge in [0.15, 0.2) is 11.8 Å². The van der Waals surface area contributed by atoms with Crippen LogP contribution in [0.15, 0.2) is 47.7 Å². The van der Waals surface area contributed by atoms with Crippen LogP contribution >= 0.6 is 46.9 Å². The van der Waals surface area contributed by atoms with Crippen LogP contribution in [0.3, 0.4) is 0 Å². The molecule has 0 saturated heterocycles. The minimum absolute atomic E-state index is 0. The lowest BCUT2D eigenvalue weighted by Crippen LogP contribution is -2.39. The summed E-state index contributed by atoms with van der Waals surface area (Å²) >= 11 is 7.30. The first-order valence-electron chi connectivity index (χ1n) is 8.56. The van der Waals surface area contributed by atoms with Gasteiger partial charge in [0, 0.05) is 23.5 Å². The molecule has 0 spiro atoms. The molecule has 0 saturated carbocycles. The van der Waals surface area contributed by atoms with E-state index in [2.05, 4.69) is 30.8 Å². The molecule has 1 atom stereocenters. The number of hydrogen-bond acceptors (Lipinski definition) is 5. The van der Waals surface area contributed by atoms with Crippen molar-refractivity contribution in [2.24, 2.45) is 4.99 Å². The third-order valence-electron chi connectivity index (χ3n) is 3.76. The summed E-state index contributed by atoms with van der Waals surface area (Å²) in [7, 11) is 0. The van der Waals surface area contributed by atoms with Gasteiger partial charge in [-0.15, -0.1) is 35.3 Å². The molecule has 150 valence electrons. The fourth-order valence-electron chi connectivity index (χ4n) is 2.47. The van der Waals surface area contributed by atoms with Crippen molar-refractivity contribution in [3.05, 3.63) is 57.5 Å². The smallest absolute Gasteiger partial charge is 0.191 e. The summed E-state index contributed by atoms with van der Waals surface area (Å²) in [5, 5.41) is 23.4. The lowest BCUT2D eigenvalue weighted by molar-refractivity contribution is 0.184. The summed E-state index contributed by atoms with van der Waals surface area (Å²) in [6, 6.07) is 11.6. The number of nitrogens with one attached hydrogen (secondary N) is 3. The van der Waals surface area contributed by atoms with Gasteiger partial charge in [-0.2, -0.15) is 5.10 Å². The summed E-state index contributed by atoms with van der Waals surface area (Å²) in [4.78, 5) is 9.58. The number of aliphatic imine (C=N–C) groups is 1. The molecule has 10 heteroatoms. The molecule has 4 N–H and O–H groups in total. The van der Waals surface area contributed by atoms with Gasteiger partial charge in [-0.3, -0.25) is 5.10 Å². The van der Waals surface area contributed by atoms with E-state index in [4.69, 9.17) is 11.6 Å². The van der Waals surface area contributed by atoms with Crippen LogP contribution < -0.4 is 10.6 Å².